The lowest BCUT2D eigenvalue weighted by atomic mass is 9.72. The van der Waals surface area contributed by atoms with Gasteiger partial charge in [-0.15, -0.1) is 0 Å². The Kier molecular flexibility index (Phi) is 5.42. The molecule has 2 amide bonds. The fourth-order valence-electron chi connectivity index (χ4n) is 4.59. The molecule has 1 aliphatic carbocycles. The van der Waals surface area contributed by atoms with Gasteiger partial charge < -0.3 is 10.2 Å². The van der Waals surface area contributed by atoms with Crippen molar-refractivity contribution in [2.45, 2.75) is 44.9 Å². The molecule has 8 heteroatoms. The molecule has 0 bridgehead atoms. The lowest BCUT2D eigenvalue weighted by molar-refractivity contribution is -0.190. The van der Waals surface area contributed by atoms with Crippen LogP contribution in [0, 0.1) is 5.41 Å². The molecule has 4 rings (SSSR count). The molecule has 2 aromatic rings. The standard InChI is InChI=1S/C25H23F3N2O3/c1-23(2)13-18-20(19(31)14-23)24(25(26,27)28,29-21(32)17-11-7-4-8-12-17)22(33)30(18)15-16-9-5-3-6-10-16/h3-12H,13-15H2,1-2H3,(H,29,32)/t24-/m1/s1. The number of nitrogens with one attached hydrogen (secondary N) is 1. The van der Waals surface area contributed by atoms with Gasteiger partial charge in [0, 0.05) is 17.7 Å². The van der Waals surface area contributed by atoms with Crippen LogP contribution in [0.5, 0.6) is 0 Å². The predicted molar refractivity (Wildman–Crippen MR) is 115 cm³/mol. The van der Waals surface area contributed by atoms with E-state index < -0.39 is 40.3 Å². The van der Waals surface area contributed by atoms with Crippen molar-refractivity contribution in [1.82, 2.24) is 10.2 Å². The van der Waals surface area contributed by atoms with Crippen LogP contribution in [-0.4, -0.2) is 34.2 Å². The average molecular weight is 456 g/mol. The molecule has 1 aliphatic heterocycles. The second-order valence-corrected chi connectivity index (χ2v) is 9.21. The van der Waals surface area contributed by atoms with E-state index in [0.29, 0.717) is 5.56 Å². The van der Waals surface area contributed by atoms with Gasteiger partial charge in [-0.3, -0.25) is 14.4 Å². The minimum Gasteiger partial charge on any atom is -0.326 e. The number of benzene rings is 2. The lowest BCUT2D eigenvalue weighted by Gasteiger charge is -2.35. The normalized spacial score (nSPS) is 22.4. The van der Waals surface area contributed by atoms with Crippen LogP contribution in [0.1, 0.15) is 42.6 Å². The van der Waals surface area contributed by atoms with Gasteiger partial charge >= 0.3 is 6.18 Å². The van der Waals surface area contributed by atoms with Crippen molar-refractivity contribution < 1.29 is 27.6 Å². The van der Waals surface area contributed by atoms with Crippen molar-refractivity contribution in [2.75, 3.05) is 0 Å². The first-order valence-corrected chi connectivity index (χ1v) is 10.5. The molecule has 0 spiro atoms. The number of carbonyl (C=O) groups is 3. The first-order valence-electron chi connectivity index (χ1n) is 10.5. The molecule has 0 aromatic heterocycles. The van der Waals surface area contributed by atoms with Crippen LogP contribution >= 0.6 is 0 Å². The molecule has 2 aromatic carbocycles. The zero-order valence-electron chi connectivity index (χ0n) is 18.2. The van der Waals surface area contributed by atoms with Gasteiger partial charge in [0.25, 0.3) is 11.8 Å². The van der Waals surface area contributed by atoms with E-state index in [1.54, 1.807) is 50.2 Å². The van der Waals surface area contributed by atoms with Crippen molar-refractivity contribution >= 4 is 17.6 Å². The third kappa shape index (κ3) is 3.83. The fourth-order valence-corrected chi connectivity index (χ4v) is 4.59. The average Bonchev–Trinajstić information content (AvgIpc) is 2.97. The Bertz CT molecular complexity index is 1140. The van der Waals surface area contributed by atoms with Crippen LogP contribution in [0.15, 0.2) is 71.9 Å². The third-order valence-corrected chi connectivity index (χ3v) is 6.07. The second kappa shape index (κ2) is 7.86. The number of halogens is 3. The second-order valence-electron chi connectivity index (χ2n) is 9.21. The van der Waals surface area contributed by atoms with Gasteiger partial charge in [0.15, 0.2) is 5.78 Å². The summed E-state index contributed by atoms with van der Waals surface area (Å²) < 4.78 is 44.2. The molecule has 0 saturated heterocycles. The molecule has 0 radical (unpaired) electrons. The Morgan fingerprint density at radius 3 is 2.12 bits per heavy atom. The van der Waals surface area contributed by atoms with Crippen LogP contribution in [0.4, 0.5) is 13.2 Å². The molecular weight excluding hydrogens is 433 g/mol. The highest BCUT2D eigenvalue weighted by atomic mass is 19.4. The summed E-state index contributed by atoms with van der Waals surface area (Å²) in [5.74, 6) is -3.22. The van der Waals surface area contributed by atoms with E-state index in [0.717, 1.165) is 4.90 Å². The fraction of sp³-hybridized carbons (Fsp3) is 0.320. The number of rotatable bonds is 4. The number of allylic oxidation sites excluding steroid dienone is 1. The summed E-state index contributed by atoms with van der Waals surface area (Å²) >= 11 is 0. The summed E-state index contributed by atoms with van der Waals surface area (Å²) in [6.07, 6.45) is -5.28. The van der Waals surface area contributed by atoms with Gasteiger partial charge in [0.05, 0.1) is 12.1 Å². The van der Waals surface area contributed by atoms with E-state index >= 15 is 0 Å². The first-order chi connectivity index (χ1) is 15.5. The van der Waals surface area contributed by atoms with Crippen molar-refractivity contribution in [1.29, 1.82) is 0 Å². The zero-order valence-corrected chi connectivity index (χ0v) is 18.2. The Morgan fingerprint density at radius 1 is 0.970 bits per heavy atom. The minimum absolute atomic E-state index is 0.0239. The number of amides is 2. The molecule has 1 N–H and O–H groups in total. The predicted octanol–water partition coefficient (Wildman–Crippen LogP) is 4.40. The third-order valence-electron chi connectivity index (χ3n) is 6.07. The number of hydrogen-bond donors (Lipinski definition) is 1. The Morgan fingerprint density at radius 2 is 1.55 bits per heavy atom. The van der Waals surface area contributed by atoms with Crippen molar-refractivity contribution in [3.05, 3.63) is 83.1 Å². The topological polar surface area (TPSA) is 66.5 Å². The monoisotopic (exact) mass is 456 g/mol. The van der Waals surface area contributed by atoms with Crippen LogP contribution in [0.25, 0.3) is 0 Å². The largest absolute Gasteiger partial charge is 0.425 e. The summed E-state index contributed by atoms with van der Waals surface area (Å²) in [4.78, 5) is 40.6. The summed E-state index contributed by atoms with van der Waals surface area (Å²) in [5.41, 5.74) is -4.13. The Balaban J connectivity index is 1.88. The van der Waals surface area contributed by atoms with Crippen LogP contribution in [0.3, 0.4) is 0 Å². The molecule has 2 aliphatic rings. The smallest absolute Gasteiger partial charge is 0.326 e. The quantitative estimate of drug-likeness (QED) is 0.742. The number of ketones is 1. The van der Waals surface area contributed by atoms with Gasteiger partial charge in [-0.25, -0.2) is 0 Å². The maximum absolute atomic E-state index is 14.7. The summed E-state index contributed by atoms with van der Waals surface area (Å²) in [6, 6.07) is 15.9. The number of hydrogen-bond acceptors (Lipinski definition) is 3. The number of alkyl halides is 3. The maximum Gasteiger partial charge on any atom is 0.425 e. The molecule has 1 heterocycles. The van der Waals surface area contributed by atoms with E-state index in [9.17, 15) is 27.6 Å². The maximum atomic E-state index is 14.7. The number of Topliss-reactive ketones (excluding diaryl/α,β-unsaturated/α-hetero) is 1. The van der Waals surface area contributed by atoms with E-state index in [1.807, 2.05) is 5.32 Å². The van der Waals surface area contributed by atoms with Gasteiger partial charge in [0.1, 0.15) is 0 Å². The van der Waals surface area contributed by atoms with E-state index in [4.69, 9.17) is 0 Å². The highest BCUT2D eigenvalue weighted by molar-refractivity contribution is 6.14. The molecule has 1 atom stereocenters. The number of nitrogens with zero attached hydrogens (tertiary/aromatic N) is 1. The van der Waals surface area contributed by atoms with Gasteiger partial charge in [-0.2, -0.15) is 13.2 Å². The van der Waals surface area contributed by atoms with Crippen molar-refractivity contribution in [3.63, 3.8) is 0 Å². The molecule has 5 nitrogen and oxygen atoms in total. The van der Waals surface area contributed by atoms with Crippen molar-refractivity contribution in [3.8, 4) is 0 Å². The first kappa shape index (κ1) is 22.8. The van der Waals surface area contributed by atoms with E-state index in [-0.39, 0.29) is 30.6 Å². The highest BCUT2D eigenvalue weighted by Crippen LogP contribution is 2.52. The van der Waals surface area contributed by atoms with Crippen LogP contribution < -0.4 is 5.32 Å². The van der Waals surface area contributed by atoms with Crippen LogP contribution in [-0.2, 0) is 16.1 Å². The minimum atomic E-state index is -5.22. The Hall–Kier alpha value is -3.42. The molecule has 0 fully saturated rings. The number of carbonyl (C=O) groups excluding carboxylic acids is 3. The SMILES string of the molecule is CC1(C)CC(=O)C2=C(C1)N(Cc1ccccc1)C(=O)[C@@]2(NC(=O)c1ccccc1)C(F)(F)F. The summed E-state index contributed by atoms with van der Waals surface area (Å²) in [5, 5.41) is 1.94. The van der Waals surface area contributed by atoms with Crippen LogP contribution in [0.2, 0.25) is 0 Å². The van der Waals surface area contributed by atoms with Crippen molar-refractivity contribution in [2.24, 2.45) is 5.41 Å². The molecular formula is C25H23F3N2O3. The van der Waals surface area contributed by atoms with E-state index in [1.165, 1.54) is 24.3 Å². The molecule has 0 saturated carbocycles. The summed E-state index contributed by atoms with van der Waals surface area (Å²) in [7, 11) is 0. The van der Waals surface area contributed by atoms with E-state index in [2.05, 4.69) is 0 Å². The Labute approximate surface area is 189 Å². The zero-order chi connectivity index (χ0) is 24.0. The van der Waals surface area contributed by atoms with Gasteiger partial charge in [-0.1, -0.05) is 62.4 Å². The molecule has 0 unspecified atom stereocenters. The lowest BCUT2D eigenvalue weighted by Crippen LogP contribution is -2.66. The molecule has 172 valence electrons. The molecule has 33 heavy (non-hydrogen) atoms. The van der Waals surface area contributed by atoms with Gasteiger partial charge in [0.2, 0.25) is 5.54 Å². The summed E-state index contributed by atoms with van der Waals surface area (Å²) in [6.45, 7) is 3.41. The van der Waals surface area contributed by atoms with Gasteiger partial charge in [-0.05, 0) is 29.5 Å². The highest BCUT2D eigenvalue weighted by Gasteiger charge is 2.71.